The van der Waals surface area contributed by atoms with Gasteiger partial charge in [0.25, 0.3) is 0 Å². The van der Waals surface area contributed by atoms with Crippen molar-refractivity contribution in [2.45, 2.75) is 25.8 Å². The number of aliphatic imine (C=N–C) groups is 1. The third kappa shape index (κ3) is 3.64. The lowest BCUT2D eigenvalue weighted by molar-refractivity contribution is 0.409. The second kappa shape index (κ2) is 7.39. The summed E-state index contributed by atoms with van der Waals surface area (Å²) in [6, 6.07) is 15.1. The van der Waals surface area contributed by atoms with E-state index in [1.54, 1.807) is 7.11 Å². The summed E-state index contributed by atoms with van der Waals surface area (Å²) in [6.45, 7) is 3.15. The van der Waals surface area contributed by atoms with Gasteiger partial charge in [-0.1, -0.05) is 40.2 Å². The van der Waals surface area contributed by atoms with Crippen LogP contribution in [0.15, 0.2) is 51.9 Å². The zero-order valence-electron chi connectivity index (χ0n) is 14.4. The van der Waals surface area contributed by atoms with Gasteiger partial charge in [0.05, 0.1) is 13.2 Å². The number of methoxy groups -OCH3 is 1. The van der Waals surface area contributed by atoms with Crippen molar-refractivity contribution in [2.24, 2.45) is 4.99 Å². The van der Waals surface area contributed by atoms with Gasteiger partial charge in [-0.3, -0.25) is 4.99 Å². The van der Waals surface area contributed by atoms with E-state index in [1.807, 2.05) is 12.1 Å². The van der Waals surface area contributed by atoms with Crippen LogP contribution in [0.25, 0.3) is 0 Å². The molecule has 0 spiro atoms. The SMILES string of the molecule is COc1ccc(Br)cc1CCc1ccccc1C1=NC(C)CN1C. The molecule has 2 aromatic rings. The van der Waals surface area contributed by atoms with E-state index >= 15 is 0 Å². The van der Waals surface area contributed by atoms with Gasteiger partial charge in [0.2, 0.25) is 0 Å². The molecule has 3 nitrogen and oxygen atoms in total. The Bertz CT molecular complexity index is 757. The highest BCUT2D eigenvalue weighted by Crippen LogP contribution is 2.25. The van der Waals surface area contributed by atoms with E-state index in [0.29, 0.717) is 6.04 Å². The van der Waals surface area contributed by atoms with Crippen LogP contribution in [0.1, 0.15) is 23.6 Å². The number of hydrogen-bond donors (Lipinski definition) is 0. The van der Waals surface area contributed by atoms with Crippen molar-refractivity contribution in [3.8, 4) is 5.75 Å². The molecule has 0 aliphatic carbocycles. The summed E-state index contributed by atoms with van der Waals surface area (Å²) in [7, 11) is 3.85. The Balaban J connectivity index is 1.85. The predicted molar refractivity (Wildman–Crippen MR) is 103 cm³/mol. The molecule has 1 aliphatic heterocycles. The molecule has 4 heteroatoms. The topological polar surface area (TPSA) is 24.8 Å². The number of ether oxygens (including phenoxy) is 1. The second-order valence-corrected chi connectivity index (χ2v) is 7.21. The molecule has 1 heterocycles. The van der Waals surface area contributed by atoms with Crippen molar-refractivity contribution >= 4 is 21.8 Å². The maximum atomic E-state index is 5.50. The molecule has 0 saturated heterocycles. The molecule has 3 rings (SSSR count). The molecule has 0 N–H and O–H groups in total. The highest BCUT2D eigenvalue weighted by molar-refractivity contribution is 9.10. The van der Waals surface area contributed by atoms with Gasteiger partial charge in [0.15, 0.2) is 0 Å². The van der Waals surface area contributed by atoms with E-state index in [-0.39, 0.29) is 0 Å². The van der Waals surface area contributed by atoms with Crippen LogP contribution < -0.4 is 4.74 Å². The predicted octanol–water partition coefficient (Wildman–Crippen LogP) is 4.32. The number of hydrogen-bond acceptors (Lipinski definition) is 3. The van der Waals surface area contributed by atoms with Crippen LogP contribution >= 0.6 is 15.9 Å². The van der Waals surface area contributed by atoms with Crippen LogP contribution in [0, 0.1) is 0 Å². The molecule has 2 aromatic carbocycles. The Hall–Kier alpha value is -1.81. The summed E-state index contributed by atoms with van der Waals surface area (Å²) in [5.41, 5.74) is 3.80. The fourth-order valence-electron chi connectivity index (χ4n) is 3.27. The molecule has 0 amide bonds. The summed E-state index contributed by atoms with van der Waals surface area (Å²) < 4.78 is 6.58. The van der Waals surface area contributed by atoms with E-state index in [9.17, 15) is 0 Å². The van der Waals surface area contributed by atoms with Gasteiger partial charge in [-0.15, -0.1) is 0 Å². The van der Waals surface area contributed by atoms with Crippen molar-refractivity contribution in [3.63, 3.8) is 0 Å². The molecule has 1 atom stereocenters. The van der Waals surface area contributed by atoms with Crippen LogP contribution in [-0.2, 0) is 12.8 Å². The molecule has 0 saturated carbocycles. The van der Waals surface area contributed by atoms with Crippen LogP contribution in [-0.4, -0.2) is 37.5 Å². The number of aryl methyl sites for hydroxylation is 2. The van der Waals surface area contributed by atoms with Crippen molar-refractivity contribution in [1.82, 2.24) is 4.90 Å². The van der Waals surface area contributed by atoms with Crippen molar-refractivity contribution in [1.29, 1.82) is 0 Å². The second-order valence-electron chi connectivity index (χ2n) is 6.30. The number of benzene rings is 2. The van der Waals surface area contributed by atoms with Crippen LogP contribution in [0.3, 0.4) is 0 Å². The number of amidine groups is 1. The van der Waals surface area contributed by atoms with E-state index < -0.39 is 0 Å². The molecule has 126 valence electrons. The normalized spacial score (nSPS) is 17.1. The summed E-state index contributed by atoms with van der Waals surface area (Å²) in [5.74, 6) is 2.05. The molecule has 0 radical (unpaired) electrons. The number of halogens is 1. The first-order valence-corrected chi connectivity index (χ1v) is 9.07. The number of likely N-dealkylation sites (N-methyl/N-ethyl adjacent to an activating group) is 1. The molecule has 0 bridgehead atoms. The lowest BCUT2D eigenvalue weighted by Crippen LogP contribution is -2.25. The molecule has 1 aliphatic rings. The Morgan fingerprint density at radius 3 is 2.62 bits per heavy atom. The van der Waals surface area contributed by atoms with E-state index in [1.165, 1.54) is 16.7 Å². The molecular formula is C20H23BrN2O. The highest BCUT2D eigenvalue weighted by Gasteiger charge is 2.21. The fraction of sp³-hybridized carbons (Fsp3) is 0.350. The Morgan fingerprint density at radius 2 is 1.92 bits per heavy atom. The van der Waals surface area contributed by atoms with E-state index in [2.05, 4.69) is 65.1 Å². The maximum Gasteiger partial charge on any atom is 0.131 e. The van der Waals surface area contributed by atoms with Crippen molar-refractivity contribution < 1.29 is 4.74 Å². The largest absolute Gasteiger partial charge is 0.496 e. The number of rotatable bonds is 5. The summed E-state index contributed by atoms with van der Waals surface area (Å²) in [6.07, 6.45) is 1.90. The smallest absolute Gasteiger partial charge is 0.131 e. The standard InChI is InChI=1S/C20H23BrN2O/c1-14-13-23(2)20(22-14)18-7-5-4-6-15(18)8-9-16-12-17(21)10-11-19(16)24-3/h4-7,10-12,14H,8-9,13H2,1-3H3. The van der Waals surface area contributed by atoms with Gasteiger partial charge in [0, 0.05) is 23.6 Å². The Morgan fingerprint density at radius 1 is 1.17 bits per heavy atom. The maximum absolute atomic E-state index is 5.50. The van der Waals surface area contributed by atoms with E-state index in [0.717, 1.165) is 35.4 Å². The summed E-state index contributed by atoms with van der Waals surface area (Å²) >= 11 is 3.55. The van der Waals surface area contributed by atoms with Crippen LogP contribution in [0.4, 0.5) is 0 Å². The average Bonchev–Trinajstić information content (AvgIpc) is 2.91. The molecule has 0 fully saturated rings. The Kier molecular flexibility index (Phi) is 5.24. The monoisotopic (exact) mass is 386 g/mol. The van der Waals surface area contributed by atoms with Gasteiger partial charge in [-0.2, -0.15) is 0 Å². The van der Waals surface area contributed by atoms with Crippen LogP contribution in [0.2, 0.25) is 0 Å². The third-order valence-electron chi connectivity index (χ3n) is 4.41. The third-order valence-corrected chi connectivity index (χ3v) is 4.90. The zero-order chi connectivity index (χ0) is 17.1. The van der Waals surface area contributed by atoms with Crippen LogP contribution in [0.5, 0.6) is 5.75 Å². The minimum atomic E-state index is 0.364. The average molecular weight is 387 g/mol. The Labute approximate surface area is 152 Å². The summed E-state index contributed by atoms with van der Waals surface area (Å²) in [4.78, 5) is 7.07. The fourth-order valence-corrected chi connectivity index (χ4v) is 3.68. The van der Waals surface area contributed by atoms with Gasteiger partial charge in [0.1, 0.15) is 11.6 Å². The van der Waals surface area contributed by atoms with Crippen molar-refractivity contribution in [2.75, 3.05) is 20.7 Å². The molecule has 0 aromatic heterocycles. The minimum absolute atomic E-state index is 0.364. The van der Waals surface area contributed by atoms with Gasteiger partial charge < -0.3 is 9.64 Å². The first-order chi connectivity index (χ1) is 11.6. The van der Waals surface area contributed by atoms with Gasteiger partial charge in [-0.25, -0.2) is 0 Å². The van der Waals surface area contributed by atoms with Crippen molar-refractivity contribution in [3.05, 3.63) is 63.6 Å². The van der Waals surface area contributed by atoms with Gasteiger partial charge >= 0.3 is 0 Å². The molecule has 24 heavy (non-hydrogen) atoms. The zero-order valence-corrected chi connectivity index (χ0v) is 16.0. The lowest BCUT2D eigenvalue weighted by Gasteiger charge is -2.17. The minimum Gasteiger partial charge on any atom is -0.496 e. The lowest BCUT2D eigenvalue weighted by atomic mass is 9.98. The van der Waals surface area contributed by atoms with Gasteiger partial charge in [-0.05, 0) is 49.1 Å². The quantitative estimate of drug-likeness (QED) is 0.763. The first-order valence-electron chi connectivity index (χ1n) is 8.28. The highest BCUT2D eigenvalue weighted by atomic mass is 79.9. The number of nitrogens with zero attached hydrogens (tertiary/aromatic N) is 2. The summed E-state index contributed by atoms with van der Waals surface area (Å²) in [5, 5.41) is 0. The molecule has 1 unspecified atom stereocenters. The molecular weight excluding hydrogens is 364 g/mol. The van der Waals surface area contributed by atoms with E-state index in [4.69, 9.17) is 9.73 Å². The first kappa shape index (κ1) is 17.0.